The Morgan fingerprint density at radius 1 is 1.64 bits per heavy atom. The number of hydrogen-bond acceptors (Lipinski definition) is 3. The molecule has 0 bridgehead atoms. The summed E-state index contributed by atoms with van der Waals surface area (Å²) in [5, 5.41) is 7.84. The largest absolute Gasteiger partial charge is 0.360 e. The molecule has 1 aliphatic rings. The Hall–Kier alpha value is -0.970. The van der Waals surface area contributed by atoms with Crippen LogP contribution < -0.4 is 5.32 Å². The fourth-order valence-electron chi connectivity index (χ4n) is 1.14. The molecule has 1 aromatic heterocycles. The average Bonchev–Trinajstić information content (AvgIpc) is 2.31. The molecule has 58 valence electrons. The van der Waals surface area contributed by atoms with E-state index in [1.165, 1.54) is 0 Å². The average molecular weight is 168 g/mol. The lowest BCUT2D eigenvalue weighted by Gasteiger charge is -2.14. The molecule has 1 N–H and O–H groups in total. The van der Waals surface area contributed by atoms with E-state index in [1.54, 1.807) is 4.68 Å². The van der Waals surface area contributed by atoms with Crippen molar-refractivity contribution in [3.05, 3.63) is 11.6 Å². The quantitative estimate of drug-likeness (QED) is 0.548. The number of aryl methyl sites for hydroxylation is 1. The van der Waals surface area contributed by atoms with Gasteiger partial charge in [0.25, 0.3) is 0 Å². The molecular formula is C6H8N4S. The predicted octanol–water partition coefficient (Wildman–Crippen LogP) is -0.135. The topological polar surface area (TPSA) is 42.7 Å². The third-order valence-electron chi connectivity index (χ3n) is 1.60. The van der Waals surface area contributed by atoms with E-state index in [1.807, 2.05) is 6.92 Å². The summed E-state index contributed by atoms with van der Waals surface area (Å²) >= 11 is 5.02. The van der Waals surface area contributed by atoms with Crippen molar-refractivity contribution >= 4 is 17.3 Å². The van der Waals surface area contributed by atoms with Crippen LogP contribution in [0.2, 0.25) is 0 Å². The van der Waals surface area contributed by atoms with Crippen molar-refractivity contribution in [1.82, 2.24) is 20.1 Å². The monoisotopic (exact) mass is 168 g/mol. The maximum absolute atomic E-state index is 5.02. The fourth-order valence-corrected chi connectivity index (χ4v) is 1.39. The van der Waals surface area contributed by atoms with Gasteiger partial charge < -0.3 is 5.32 Å². The van der Waals surface area contributed by atoms with Gasteiger partial charge in [0, 0.05) is 13.0 Å². The van der Waals surface area contributed by atoms with E-state index < -0.39 is 0 Å². The third kappa shape index (κ3) is 1.01. The minimum atomic E-state index is 0.659. The van der Waals surface area contributed by atoms with Crippen LogP contribution in [0.1, 0.15) is 11.6 Å². The molecule has 0 amide bonds. The van der Waals surface area contributed by atoms with Crippen LogP contribution in [0, 0.1) is 6.92 Å². The van der Waals surface area contributed by atoms with Crippen LogP contribution in [-0.4, -0.2) is 26.4 Å². The summed E-state index contributed by atoms with van der Waals surface area (Å²) in [6, 6.07) is 0. The van der Waals surface area contributed by atoms with Crippen LogP contribution >= 0.6 is 12.2 Å². The Bertz CT molecular complexity index is 304. The molecule has 0 aromatic carbocycles. The van der Waals surface area contributed by atoms with E-state index in [0.717, 1.165) is 24.6 Å². The highest BCUT2D eigenvalue weighted by molar-refractivity contribution is 7.80. The molecule has 0 aliphatic carbocycles. The normalized spacial score (nSPS) is 15.9. The van der Waals surface area contributed by atoms with Gasteiger partial charge in [-0.3, -0.25) is 0 Å². The van der Waals surface area contributed by atoms with Crippen LogP contribution in [0.3, 0.4) is 0 Å². The van der Waals surface area contributed by atoms with Crippen molar-refractivity contribution in [3.63, 3.8) is 0 Å². The van der Waals surface area contributed by atoms with Gasteiger partial charge in [0.2, 0.25) is 0 Å². The highest BCUT2D eigenvalue weighted by Gasteiger charge is 2.15. The van der Waals surface area contributed by atoms with Crippen molar-refractivity contribution in [2.75, 3.05) is 6.54 Å². The summed E-state index contributed by atoms with van der Waals surface area (Å²) in [6.45, 7) is 2.74. The van der Waals surface area contributed by atoms with Crippen molar-refractivity contribution in [1.29, 1.82) is 0 Å². The minimum Gasteiger partial charge on any atom is -0.360 e. The van der Waals surface area contributed by atoms with E-state index in [0.29, 0.717) is 5.11 Å². The van der Waals surface area contributed by atoms with Gasteiger partial charge >= 0.3 is 0 Å². The van der Waals surface area contributed by atoms with Crippen LogP contribution in [0.5, 0.6) is 0 Å². The number of hydrogen-bond donors (Lipinski definition) is 1. The maximum Gasteiger partial charge on any atom is 0.195 e. The Balaban J connectivity index is 2.52. The first-order valence-corrected chi connectivity index (χ1v) is 3.89. The summed E-state index contributed by atoms with van der Waals surface area (Å²) in [7, 11) is 0. The Morgan fingerprint density at radius 2 is 2.45 bits per heavy atom. The number of nitrogens with zero attached hydrogens (tertiary/aromatic N) is 3. The second-order valence-electron chi connectivity index (χ2n) is 2.47. The van der Waals surface area contributed by atoms with Gasteiger partial charge in [0.05, 0.1) is 0 Å². The van der Waals surface area contributed by atoms with Gasteiger partial charge in [0.15, 0.2) is 5.11 Å². The van der Waals surface area contributed by atoms with Crippen LogP contribution in [0.25, 0.3) is 0 Å². The van der Waals surface area contributed by atoms with Crippen LogP contribution in [0.4, 0.5) is 0 Å². The van der Waals surface area contributed by atoms with E-state index >= 15 is 0 Å². The van der Waals surface area contributed by atoms with Gasteiger partial charge in [0.1, 0.15) is 11.6 Å². The minimum absolute atomic E-state index is 0.659. The highest BCUT2D eigenvalue weighted by Crippen LogP contribution is 2.02. The summed E-state index contributed by atoms with van der Waals surface area (Å²) in [6.07, 6.45) is 0.904. The molecule has 0 radical (unpaired) electrons. The molecular weight excluding hydrogens is 160 g/mol. The van der Waals surface area contributed by atoms with Crippen molar-refractivity contribution in [2.45, 2.75) is 13.3 Å². The first-order valence-electron chi connectivity index (χ1n) is 3.48. The molecule has 1 aliphatic heterocycles. The van der Waals surface area contributed by atoms with Crippen molar-refractivity contribution < 1.29 is 0 Å². The number of aromatic nitrogens is 3. The smallest absolute Gasteiger partial charge is 0.195 e. The highest BCUT2D eigenvalue weighted by atomic mass is 32.1. The summed E-state index contributed by atoms with van der Waals surface area (Å²) < 4.78 is 1.69. The predicted molar refractivity (Wildman–Crippen MR) is 44.5 cm³/mol. The second-order valence-corrected chi connectivity index (χ2v) is 2.86. The Labute approximate surface area is 69.6 Å². The lowest BCUT2D eigenvalue weighted by Crippen LogP contribution is -2.37. The van der Waals surface area contributed by atoms with E-state index in [9.17, 15) is 0 Å². The summed E-state index contributed by atoms with van der Waals surface area (Å²) in [5.41, 5.74) is 0. The van der Waals surface area contributed by atoms with E-state index in [2.05, 4.69) is 15.4 Å². The number of nitrogens with one attached hydrogen (secondary N) is 1. The van der Waals surface area contributed by atoms with Gasteiger partial charge in [-0.1, -0.05) is 0 Å². The lowest BCUT2D eigenvalue weighted by atomic mass is 10.4. The molecule has 0 saturated carbocycles. The maximum atomic E-state index is 5.02. The van der Waals surface area contributed by atoms with Gasteiger partial charge in [-0.25, -0.2) is 4.98 Å². The molecule has 0 unspecified atom stereocenters. The van der Waals surface area contributed by atoms with Gasteiger partial charge in [-0.2, -0.15) is 4.68 Å². The Kier molecular flexibility index (Phi) is 1.38. The van der Waals surface area contributed by atoms with E-state index in [4.69, 9.17) is 12.2 Å². The molecule has 11 heavy (non-hydrogen) atoms. The van der Waals surface area contributed by atoms with Gasteiger partial charge in [-0.05, 0) is 19.1 Å². The van der Waals surface area contributed by atoms with Crippen molar-refractivity contribution in [2.24, 2.45) is 0 Å². The lowest BCUT2D eigenvalue weighted by molar-refractivity contribution is 0.703. The first kappa shape index (κ1) is 6.72. The molecule has 1 aromatic rings. The van der Waals surface area contributed by atoms with Crippen molar-refractivity contribution in [3.8, 4) is 0 Å². The second kappa shape index (κ2) is 2.27. The van der Waals surface area contributed by atoms with Crippen LogP contribution in [-0.2, 0) is 6.42 Å². The van der Waals surface area contributed by atoms with Gasteiger partial charge in [-0.15, -0.1) is 5.10 Å². The first-order chi connectivity index (χ1) is 5.27. The number of rotatable bonds is 0. The molecule has 0 spiro atoms. The zero-order valence-electron chi connectivity index (χ0n) is 6.16. The molecule has 0 fully saturated rings. The molecule has 0 saturated heterocycles. The zero-order chi connectivity index (χ0) is 7.84. The van der Waals surface area contributed by atoms with E-state index in [-0.39, 0.29) is 0 Å². The fraction of sp³-hybridized carbons (Fsp3) is 0.500. The number of fused-ring (bicyclic) bond motifs is 1. The number of thiocarbonyl (C=S) groups is 1. The zero-order valence-corrected chi connectivity index (χ0v) is 6.98. The molecule has 4 nitrogen and oxygen atoms in total. The van der Waals surface area contributed by atoms with Crippen LogP contribution in [0.15, 0.2) is 0 Å². The summed E-state index contributed by atoms with van der Waals surface area (Å²) in [4.78, 5) is 4.23. The third-order valence-corrected chi connectivity index (χ3v) is 1.91. The molecule has 2 rings (SSSR count). The summed E-state index contributed by atoms with van der Waals surface area (Å²) in [5.74, 6) is 1.75. The molecule has 5 heteroatoms. The molecule has 0 atom stereocenters. The standard InChI is InChI=1S/C6H8N4S/c1-4-8-5-2-3-7-6(11)10(5)9-4/h2-3H2,1H3,(H,7,11). The SMILES string of the molecule is Cc1nc2n(n1)C(=S)NCC2. The Morgan fingerprint density at radius 3 is 3.18 bits per heavy atom. The molecule has 2 heterocycles.